The fourth-order valence-corrected chi connectivity index (χ4v) is 2.32. The molecular formula is C15H20BNO2. The van der Waals surface area contributed by atoms with E-state index in [9.17, 15) is 4.79 Å². The van der Waals surface area contributed by atoms with Crippen molar-refractivity contribution < 1.29 is 9.45 Å². The number of nitrogens with one attached hydrogen (secondary N) is 1. The normalized spacial score (nSPS) is 20.4. The number of carbonyl (C=O) groups excluding carboxylic acids is 1. The minimum atomic E-state index is -0.242. The van der Waals surface area contributed by atoms with Crippen molar-refractivity contribution in [2.45, 2.75) is 33.3 Å². The van der Waals surface area contributed by atoms with E-state index in [1.807, 2.05) is 24.3 Å². The molecule has 100 valence electrons. The third-order valence-electron chi connectivity index (χ3n) is 4.48. The Morgan fingerprint density at radius 1 is 1.21 bits per heavy atom. The monoisotopic (exact) mass is 257 g/mol. The number of rotatable bonds is 3. The molecule has 2 rings (SSSR count). The molecule has 0 radical (unpaired) electrons. The lowest BCUT2D eigenvalue weighted by molar-refractivity contribution is -0.105. The molecule has 0 atom stereocenters. The van der Waals surface area contributed by atoms with Gasteiger partial charge < -0.3 is 9.97 Å². The van der Waals surface area contributed by atoms with E-state index in [2.05, 4.69) is 39.6 Å². The van der Waals surface area contributed by atoms with Crippen LogP contribution in [0.5, 0.6) is 0 Å². The lowest BCUT2D eigenvalue weighted by Gasteiger charge is -2.34. The van der Waals surface area contributed by atoms with Crippen molar-refractivity contribution in [1.82, 2.24) is 0 Å². The van der Waals surface area contributed by atoms with Crippen molar-refractivity contribution in [2.75, 3.05) is 5.32 Å². The average Bonchev–Trinajstić information content (AvgIpc) is 2.51. The quantitative estimate of drug-likeness (QED) is 0.667. The summed E-state index contributed by atoms with van der Waals surface area (Å²) >= 11 is 0. The highest BCUT2D eigenvalue weighted by atomic mass is 16.5. The third-order valence-corrected chi connectivity index (χ3v) is 4.48. The summed E-state index contributed by atoms with van der Waals surface area (Å²) in [4.78, 5) is 10.4. The zero-order chi connectivity index (χ0) is 14.3. The Labute approximate surface area is 115 Å². The van der Waals surface area contributed by atoms with Crippen LogP contribution in [0.15, 0.2) is 36.3 Å². The highest BCUT2D eigenvalue weighted by molar-refractivity contribution is 6.75. The summed E-state index contributed by atoms with van der Waals surface area (Å²) in [6.07, 6.45) is 0.673. The molecule has 1 aromatic rings. The maximum atomic E-state index is 10.4. The topological polar surface area (TPSA) is 38.3 Å². The first kappa shape index (κ1) is 13.9. The molecule has 0 spiro atoms. The zero-order valence-electron chi connectivity index (χ0n) is 12.0. The Balaban J connectivity index is 2.29. The lowest BCUT2D eigenvalue weighted by atomic mass is 9.50. The maximum absolute atomic E-state index is 10.4. The van der Waals surface area contributed by atoms with Crippen molar-refractivity contribution in [1.29, 1.82) is 0 Å². The second kappa shape index (κ2) is 4.53. The van der Waals surface area contributed by atoms with Gasteiger partial charge >= 0.3 is 6.92 Å². The van der Waals surface area contributed by atoms with Gasteiger partial charge in [-0.15, -0.1) is 6.58 Å². The molecule has 4 heteroatoms. The Morgan fingerprint density at radius 2 is 1.79 bits per heavy atom. The molecule has 1 aliphatic rings. The van der Waals surface area contributed by atoms with Gasteiger partial charge in [-0.3, -0.25) is 4.79 Å². The molecule has 1 aromatic carbocycles. The molecule has 0 unspecified atom stereocenters. The summed E-state index contributed by atoms with van der Waals surface area (Å²) in [6, 6.07) is 7.69. The first-order chi connectivity index (χ1) is 8.79. The highest BCUT2D eigenvalue weighted by Gasteiger charge is 2.52. The third kappa shape index (κ3) is 2.21. The smallest absolute Gasteiger partial charge is 0.357 e. The second-order valence-corrected chi connectivity index (χ2v) is 6.04. The van der Waals surface area contributed by atoms with Gasteiger partial charge in [-0.1, -0.05) is 31.5 Å². The minimum absolute atomic E-state index is 0.0720. The van der Waals surface area contributed by atoms with E-state index >= 15 is 0 Å². The van der Waals surface area contributed by atoms with Gasteiger partial charge in [0.1, 0.15) is 0 Å². The van der Waals surface area contributed by atoms with Crippen LogP contribution >= 0.6 is 0 Å². The summed E-state index contributed by atoms with van der Waals surface area (Å²) in [5.41, 5.74) is 2.63. The van der Waals surface area contributed by atoms with Gasteiger partial charge in [-0.25, -0.2) is 0 Å². The van der Waals surface area contributed by atoms with Gasteiger partial charge in [0.25, 0.3) is 0 Å². The molecule has 3 nitrogen and oxygen atoms in total. The molecule has 0 saturated carbocycles. The summed E-state index contributed by atoms with van der Waals surface area (Å²) in [7, 11) is 0. The van der Waals surface area contributed by atoms with E-state index in [1.165, 1.54) is 0 Å². The Hall–Kier alpha value is -1.55. The lowest BCUT2D eigenvalue weighted by Crippen LogP contribution is -2.36. The van der Waals surface area contributed by atoms with E-state index in [1.54, 1.807) is 0 Å². The van der Waals surface area contributed by atoms with Gasteiger partial charge in [-0.2, -0.15) is 0 Å². The summed E-state index contributed by atoms with van der Waals surface area (Å²) < 4.78 is 6.17. The molecule has 1 amide bonds. The van der Waals surface area contributed by atoms with Crippen molar-refractivity contribution >= 4 is 24.5 Å². The first-order valence-corrected chi connectivity index (χ1v) is 6.47. The molecule has 0 bridgehead atoms. The number of amides is 1. The fraction of sp³-hybridized carbons (Fsp3) is 0.400. The predicted molar refractivity (Wildman–Crippen MR) is 79.6 cm³/mol. The van der Waals surface area contributed by atoms with Crippen LogP contribution in [-0.4, -0.2) is 18.9 Å². The van der Waals surface area contributed by atoms with Crippen molar-refractivity contribution in [3.63, 3.8) is 0 Å². The van der Waals surface area contributed by atoms with E-state index in [0.29, 0.717) is 6.41 Å². The summed E-state index contributed by atoms with van der Waals surface area (Å²) in [5, 5.41) is 2.63. The number of carbonyl (C=O) groups is 1. The molecular weight excluding hydrogens is 237 g/mol. The van der Waals surface area contributed by atoms with E-state index in [4.69, 9.17) is 4.65 Å². The molecule has 19 heavy (non-hydrogen) atoms. The molecule has 0 aliphatic carbocycles. The summed E-state index contributed by atoms with van der Waals surface area (Å²) in [5.74, 6) is 0. The predicted octanol–water partition coefficient (Wildman–Crippen LogP) is 2.38. The second-order valence-electron chi connectivity index (χ2n) is 6.04. The molecule has 1 aliphatic heterocycles. The van der Waals surface area contributed by atoms with Crippen molar-refractivity contribution in [2.24, 2.45) is 5.41 Å². The van der Waals surface area contributed by atoms with Crippen LogP contribution in [0, 0.1) is 5.41 Å². The van der Waals surface area contributed by atoms with Gasteiger partial charge in [0.05, 0.1) is 5.60 Å². The Morgan fingerprint density at radius 3 is 2.21 bits per heavy atom. The van der Waals surface area contributed by atoms with Crippen LogP contribution in [0.3, 0.4) is 0 Å². The molecule has 1 saturated heterocycles. The molecule has 1 N–H and O–H groups in total. The van der Waals surface area contributed by atoms with Gasteiger partial charge in [0, 0.05) is 11.1 Å². The Kier molecular flexibility index (Phi) is 3.31. The highest BCUT2D eigenvalue weighted by Crippen LogP contribution is 2.47. The van der Waals surface area contributed by atoms with E-state index < -0.39 is 0 Å². The molecule has 1 fully saturated rings. The maximum Gasteiger partial charge on any atom is 0.357 e. The molecule has 0 aromatic heterocycles. The number of benzene rings is 1. The van der Waals surface area contributed by atoms with E-state index in [0.717, 1.165) is 16.6 Å². The average molecular weight is 257 g/mol. The van der Waals surface area contributed by atoms with Crippen LogP contribution in [-0.2, 0) is 9.45 Å². The zero-order valence-corrected chi connectivity index (χ0v) is 12.0. The van der Waals surface area contributed by atoms with Crippen LogP contribution < -0.4 is 10.8 Å². The van der Waals surface area contributed by atoms with Crippen LogP contribution in [0.25, 0.3) is 0 Å². The van der Waals surface area contributed by atoms with Crippen LogP contribution in [0.2, 0.25) is 0 Å². The SMILES string of the molecule is C=C1B(c2ccc(NC=O)cc2)OC(C)(C)C1(C)C. The Bertz CT molecular complexity index is 505. The van der Waals surface area contributed by atoms with Crippen molar-refractivity contribution in [3.8, 4) is 0 Å². The standard InChI is InChI=1S/C15H20BNO2/c1-11-14(2,3)15(4,5)19-16(11)12-6-8-13(9-7-12)17-10-18/h6-10H,1H2,2-5H3,(H,17,18). The summed E-state index contributed by atoms with van der Waals surface area (Å²) in [6.45, 7) is 12.7. The van der Waals surface area contributed by atoms with Crippen molar-refractivity contribution in [3.05, 3.63) is 36.3 Å². The fourth-order valence-electron chi connectivity index (χ4n) is 2.32. The molecule has 1 heterocycles. The first-order valence-electron chi connectivity index (χ1n) is 6.47. The van der Waals surface area contributed by atoms with Gasteiger partial charge in [-0.05, 0) is 31.4 Å². The van der Waals surface area contributed by atoms with Gasteiger partial charge in [0.2, 0.25) is 6.41 Å². The number of hydrogen-bond donors (Lipinski definition) is 1. The van der Waals surface area contributed by atoms with Crippen LogP contribution in [0.1, 0.15) is 27.7 Å². The van der Waals surface area contributed by atoms with Gasteiger partial charge in [0.15, 0.2) is 0 Å². The van der Waals surface area contributed by atoms with E-state index in [-0.39, 0.29) is 17.9 Å². The number of anilines is 1. The van der Waals surface area contributed by atoms with Crippen LogP contribution in [0.4, 0.5) is 5.69 Å². The number of hydrogen-bond acceptors (Lipinski definition) is 2. The minimum Gasteiger partial charge on any atom is -0.421 e. The largest absolute Gasteiger partial charge is 0.421 e.